The number of rotatable bonds is 1. The van der Waals surface area contributed by atoms with E-state index >= 15 is 0 Å². The van der Waals surface area contributed by atoms with Gasteiger partial charge in [-0.15, -0.1) is 0 Å². The lowest BCUT2D eigenvalue weighted by atomic mass is 10.2. The van der Waals surface area contributed by atoms with E-state index in [1.54, 1.807) is 6.20 Å². The van der Waals surface area contributed by atoms with E-state index in [1.807, 2.05) is 6.07 Å². The van der Waals surface area contributed by atoms with Gasteiger partial charge in [0, 0.05) is 24.8 Å². The van der Waals surface area contributed by atoms with Crippen molar-refractivity contribution in [2.24, 2.45) is 4.99 Å². The van der Waals surface area contributed by atoms with Gasteiger partial charge in [-0.3, -0.25) is 0 Å². The monoisotopic (exact) mass is 332 g/mol. The SMILES string of the molecule is Brc1cc2cnc(=Nc3ncco3)nc-2n2c1NCC2. The Bertz CT molecular complexity index is 809. The minimum Gasteiger partial charge on any atom is -0.431 e. The Hall–Kier alpha value is -2.22. The molecular formula is C12H9BrN6O. The van der Waals surface area contributed by atoms with Gasteiger partial charge in [0.2, 0.25) is 0 Å². The molecule has 0 saturated heterocycles. The number of nitrogens with zero attached hydrogens (tertiary/aromatic N) is 5. The molecular weight excluding hydrogens is 324 g/mol. The van der Waals surface area contributed by atoms with E-state index in [9.17, 15) is 0 Å². The van der Waals surface area contributed by atoms with Crippen molar-refractivity contribution in [1.82, 2.24) is 19.5 Å². The van der Waals surface area contributed by atoms with E-state index in [0.717, 1.165) is 34.8 Å². The van der Waals surface area contributed by atoms with Gasteiger partial charge in [0.1, 0.15) is 17.9 Å². The van der Waals surface area contributed by atoms with Crippen LogP contribution in [0.3, 0.4) is 0 Å². The van der Waals surface area contributed by atoms with Gasteiger partial charge in [-0.1, -0.05) is 0 Å². The molecule has 0 radical (unpaired) electrons. The summed E-state index contributed by atoms with van der Waals surface area (Å²) in [6.07, 6.45) is 4.75. The fourth-order valence-electron chi connectivity index (χ4n) is 2.23. The molecule has 7 nitrogen and oxygen atoms in total. The minimum atomic E-state index is 0.251. The molecule has 4 heterocycles. The molecule has 1 N–H and O–H groups in total. The Morgan fingerprint density at radius 3 is 3.20 bits per heavy atom. The summed E-state index contributed by atoms with van der Waals surface area (Å²) in [6, 6.07) is 2.25. The summed E-state index contributed by atoms with van der Waals surface area (Å²) in [5, 5.41) is 3.32. The lowest BCUT2D eigenvalue weighted by molar-refractivity contribution is 0.564. The highest BCUT2D eigenvalue weighted by Gasteiger charge is 2.19. The minimum absolute atomic E-state index is 0.251. The van der Waals surface area contributed by atoms with Crippen LogP contribution in [0.2, 0.25) is 0 Å². The van der Waals surface area contributed by atoms with Crippen LogP contribution in [-0.4, -0.2) is 26.1 Å². The molecule has 100 valence electrons. The normalized spacial score (nSPS) is 14.6. The highest BCUT2D eigenvalue weighted by Crippen LogP contribution is 2.32. The highest BCUT2D eigenvalue weighted by molar-refractivity contribution is 9.10. The van der Waals surface area contributed by atoms with Crippen LogP contribution in [0.15, 0.2) is 38.6 Å². The Morgan fingerprint density at radius 2 is 2.35 bits per heavy atom. The van der Waals surface area contributed by atoms with E-state index < -0.39 is 0 Å². The quantitative estimate of drug-likeness (QED) is 0.734. The van der Waals surface area contributed by atoms with Crippen molar-refractivity contribution < 1.29 is 4.42 Å². The van der Waals surface area contributed by atoms with Crippen LogP contribution in [0.25, 0.3) is 11.4 Å². The maximum absolute atomic E-state index is 5.08. The first-order chi connectivity index (χ1) is 9.81. The number of hydrogen-bond donors (Lipinski definition) is 1. The zero-order valence-corrected chi connectivity index (χ0v) is 11.8. The second-order valence-electron chi connectivity index (χ2n) is 4.29. The Labute approximate surface area is 121 Å². The molecule has 0 aliphatic carbocycles. The highest BCUT2D eigenvalue weighted by atomic mass is 79.9. The summed E-state index contributed by atoms with van der Waals surface area (Å²) in [4.78, 5) is 16.8. The third-order valence-electron chi connectivity index (χ3n) is 3.06. The van der Waals surface area contributed by atoms with Crippen LogP contribution in [0.1, 0.15) is 0 Å². The number of fused-ring (bicyclic) bond motifs is 3. The average molecular weight is 333 g/mol. The van der Waals surface area contributed by atoms with Crippen LogP contribution in [-0.2, 0) is 6.54 Å². The maximum Gasteiger partial charge on any atom is 0.324 e. The number of aromatic nitrogens is 4. The molecule has 3 aliphatic heterocycles. The van der Waals surface area contributed by atoms with E-state index in [-0.39, 0.29) is 6.01 Å². The molecule has 8 heteroatoms. The molecule has 0 atom stereocenters. The summed E-state index contributed by atoms with van der Waals surface area (Å²) in [7, 11) is 0. The van der Waals surface area contributed by atoms with Crippen molar-refractivity contribution >= 4 is 27.8 Å². The largest absolute Gasteiger partial charge is 0.431 e. The van der Waals surface area contributed by atoms with Gasteiger partial charge in [-0.2, -0.15) is 9.98 Å². The molecule has 1 aromatic rings. The summed E-state index contributed by atoms with van der Waals surface area (Å²) in [6.45, 7) is 1.74. The Kier molecular flexibility index (Phi) is 2.56. The van der Waals surface area contributed by atoms with Crippen molar-refractivity contribution in [3.63, 3.8) is 0 Å². The van der Waals surface area contributed by atoms with Crippen molar-refractivity contribution in [2.45, 2.75) is 6.54 Å². The molecule has 0 amide bonds. The lowest BCUT2D eigenvalue weighted by Gasteiger charge is -2.13. The maximum atomic E-state index is 5.08. The number of hydrogen-bond acceptors (Lipinski definition) is 6. The van der Waals surface area contributed by atoms with Crippen LogP contribution < -0.4 is 10.9 Å². The first-order valence-electron chi connectivity index (χ1n) is 6.05. The standard InChI is InChI=1S/C12H9BrN6O/c13-8-5-7-6-16-11(18-12-15-2-4-20-12)17-9(7)19-3-1-14-10(8)19/h2,4-6,14H,1,3H2. The summed E-state index contributed by atoms with van der Waals surface area (Å²) in [5.74, 6) is 1.87. The van der Waals surface area contributed by atoms with E-state index in [2.05, 4.69) is 45.8 Å². The number of nitrogens with one attached hydrogen (secondary N) is 1. The van der Waals surface area contributed by atoms with Crippen LogP contribution >= 0.6 is 15.9 Å². The first-order valence-corrected chi connectivity index (χ1v) is 6.85. The predicted octanol–water partition coefficient (Wildman–Crippen LogP) is 1.79. The Balaban J connectivity index is 1.96. The van der Waals surface area contributed by atoms with Crippen LogP contribution in [0.5, 0.6) is 0 Å². The van der Waals surface area contributed by atoms with Crippen LogP contribution in [0.4, 0.5) is 11.8 Å². The van der Waals surface area contributed by atoms with Gasteiger partial charge in [0.15, 0.2) is 0 Å². The van der Waals surface area contributed by atoms with Gasteiger partial charge >= 0.3 is 6.01 Å². The fourth-order valence-corrected chi connectivity index (χ4v) is 2.83. The third-order valence-corrected chi connectivity index (χ3v) is 3.66. The third kappa shape index (κ3) is 1.80. The molecule has 20 heavy (non-hydrogen) atoms. The van der Waals surface area contributed by atoms with Crippen LogP contribution in [0, 0.1) is 0 Å². The fraction of sp³-hybridized carbons (Fsp3) is 0.167. The molecule has 0 saturated carbocycles. The predicted molar refractivity (Wildman–Crippen MR) is 74.6 cm³/mol. The van der Waals surface area contributed by atoms with Gasteiger partial charge < -0.3 is 14.3 Å². The Morgan fingerprint density at radius 1 is 1.40 bits per heavy atom. The molecule has 0 aromatic carbocycles. The molecule has 0 spiro atoms. The molecule has 0 unspecified atom stereocenters. The van der Waals surface area contributed by atoms with Crippen molar-refractivity contribution in [1.29, 1.82) is 0 Å². The van der Waals surface area contributed by atoms with E-state index in [4.69, 9.17) is 4.42 Å². The number of pyridine rings is 1. The van der Waals surface area contributed by atoms with Gasteiger partial charge in [0.05, 0.1) is 10.7 Å². The molecule has 0 fully saturated rings. The molecule has 1 aromatic heterocycles. The lowest BCUT2D eigenvalue weighted by Crippen LogP contribution is -2.17. The second kappa shape index (κ2) is 4.41. The zero-order chi connectivity index (χ0) is 13.5. The van der Waals surface area contributed by atoms with Crippen molar-refractivity contribution in [3.8, 4) is 11.4 Å². The van der Waals surface area contributed by atoms with E-state index in [1.165, 1.54) is 12.5 Å². The van der Waals surface area contributed by atoms with Gasteiger partial charge in [0.25, 0.3) is 5.62 Å². The summed E-state index contributed by atoms with van der Waals surface area (Å²) < 4.78 is 8.19. The topological polar surface area (TPSA) is 81.1 Å². The second-order valence-corrected chi connectivity index (χ2v) is 5.15. The molecule has 3 aliphatic rings. The van der Waals surface area contributed by atoms with Crippen molar-refractivity contribution in [3.05, 3.63) is 34.8 Å². The zero-order valence-electron chi connectivity index (χ0n) is 10.2. The molecule has 4 rings (SSSR count). The summed E-state index contributed by atoms with van der Waals surface area (Å²) >= 11 is 3.55. The van der Waals surface area contributed by atoms with Crippen molar-refractivity contribution in [2.75, 3.05) is 11.9 Å². The average Bonchev–Trinajstić information content (AvgIpc) is 3.10. The smallest absolute Gasteiger partial charge is 0.324 e. The van der Waals surface area contributed by atoms with Gasteiger partial charge in [-0.05, 0) is 22.0 Å². The number of anilines is 1. The van der Waals surface area contributed by atoms with E-state index in [0.29, 0.717) is 5.62 Å². The van der Waals surface area contributed by atoms with Gasteiger partial charge in [-0.25, -0.2) is 9.97 Å². The molecule has 0 bridgehead atoms. The number of oxazole rings is 1. The number of halogens is 1. The summed E-state index contributed by atoms with van der Waals surface area (Å²) in [5.41, 5.74) is 1.29. The first kappa shape index (κ1) is 11.6.